The molecule has 0 N–H and O–H groups in total. The van der Waals surface area contributed by atoms with Crippen molar-refractivity contribution < 1.29 is 9.53 Å². The van der Waals surface area contributed by atoms with Crippen molar-refractivity contribution in [1.82, 2.24) is 0 Å². The number of hydrogen-bond donors (Lipinski definition) is 0. The third-order valence-electron chi connectivity index (χ3n) is 2.26. The van der Waals surface area contributed by atoms with Gasteiger partial charge in [-0.15, -0.1) is 0 Å². The van der Waals surface area contributed by atoms with Crippen LogP contribution in [0.4, 0.5) is 10.5 Å². The van der Waals surface area contributed by atoms with Gasteiger partial charge in [0.15, 0.2) is 0 Å². The van der Waals surface area contributed by atoms with E-state index in [4.69, 9.17) is 10.00 Å². The van der Waals surface area contributed by atoms with Crippen LogP contribution in [-0.2, 0) is 4.74 Å². The minimum Gasteiger partial charge on any atom is -0.449 e. The average Bonchev–Trinajstić information content (AvgIpc) is 2.30. The highest BCUT2D eigenvalue weighted by atomic mass is 16.6. The molecule has 2 rings (SSSR count). The summed E-state index contributed by atoms with van der Waals surface area (Å²) in [5.41, 5.74) is 1.27. The van der Waals surface area contributed by atoms with Crippen molar-refractivity contribution >= 4 is 11.8 Å². The van der Waals surface area contributed by atoms with E-state index in [0.717, 1.165) is 12.1 Å². The average molecular weight is 202 g/mol. The Morgan fingerprint density at radius 3 is 3.07 bits per heavy atom. The van der Waals surface area contributed by atoms with Crippen LogP contribution in [0.3, 0.4) is 0 Å². The second kappa shape index (κ2) is 4.01. The first kappa shape index (κ1) is 9.53. The molecule has 0 spiro atoms. The van der Waals surface area contributed by atoms with Gasteiger partial charge in [-0.3, -0.25) is 4.90 Å². The molecule has 1 fully saturated rings. The molecule has 0 radical (unpaired) electrons. The molecule has 1 aromatic carbocycles. The zero-order valence-electron chi connectivity index (χ0n) is 8.14. The number of anilines is 1. The van der Waals surface area contributed by atoms with Crippen LogP contribution in [0.25, 0.3) is 0 Å². The van der Waals surface area contributed by atoms with Crippen molar-refractivity contribution in [2.75, 3.05) is 18.1 Å². The van der Waals surface area contributed by atoms with E-state index in [1.165, 1.54) is 0 Å². The van der Waals surface area contributed by atoms with Crippen LogP contribution in [0.2, 0.25) is 0 Å². The second-order valence-electron chi connectivity index (χ2n) is 3.28. The minimum absolute atomic E-state index is 0.337. The molecule has 1 aliphatic rings. The number of cyclic esters (lactones) is 1. The summed E-state index contributed by atoms with van der Waals surface area (Å²) in [6.07, 6.45) is 0.485. The second-order valence-corrected chi connectivity index (χ2v) is 3.28. The Kier molecular flexibility index (Phi) is 2.55. The number of nitriles is 1. The smallest absolute Gasteiger partial charge is 0.414 e. The first-order valence-corrected chi connectivity index (χ1v) is 4.76. The highest BCUT2D eigenvalue weighted by Crippen LogP contribution is 2.19. The van der Waals surface area contributed by atoms with E-state index in [1.54, 1.807) is 29.2 Å². The number of carbonyl (C=O) groups excluding carboxylic acids is 1. The number of benzene rings is 1. The molecule has 4 heteroatoms. The summed E-state index contributed by atoms with van der Waals surface area (Å²) in [7, 11) is 0. The van der Waals surface area contributed by atoms with E-state index >= 15 is 0 Å². The molecule has 1 aliphatic heterocycles. The van der Waals surface area contributed by atoms with Gasteiger partial charge in [-0.25, -0.2) is 4.79 Å². The maximum Gasteiger partial charge on any atom is 0.414 e. The summed E-state index contributed by atoms with van der Waals surface area (Å²) >= 11 is 0. The van der Waals surface area contributed by atoms with Gasteiger partial charge in [0.1, 0.15) is 0 Å². The summed E-state index contributed by atoms with van der Waals surface area (Å²) in [5, 5.41) is 8.74. The molecule has 1 amide bonds. The molecule has 0 aromatic heterocycles. The van der Waals surface area contributed by atoms with Crippen LogP contribution < -0.4 is 4.90 Å². The molecule has 15 heavy (non-hydrogen) atoms. The largest absolute Gasteiger partial charge is 0.449 e. The van der Waals surface area contributed by atoms with Crippen LogP contribution in [0.5, 0.6) is 0 Å². The van der Waals surface area contributed by atoms with Crippen molar-refractivity contribution in [1.29, 1.82) is 5.26 Å². The lowest BCUT2D eigenvalue weighted by Gasteiger charge is -2.26. The Morgan fingerprint density at radius 2 is 2.33 bits per heavy atom. The van der Waals surface area contributed by atoms with Crippen molar-refractivity contribution in [2.45, 2.75) is 6.42 Å². The van der Waals surface area contributed by atoms with Crippen molar-refractivity contribution in [3.63, 3.8) is 0 Å². The van der Waals surface area contributed by atoms with Gasteiger partial charge < -0.3 is 4.74 Å². The molecular weight excluding hydrogens is 192 g/mol. The maximum absolute atomic E-state index is 11.4. The fraction of sp³-hybridized carbons (Fsp3) is 0.273. The summed E-state index contributed by atoms with van der Waals surface area (Å²) in [4.78, 5) is 13.0. The number of amides is 1. The molecule has 76 valence electrons. The Hall–Kier alpha value is -2.02. The van der Waals surface area contributed by atoms with E-state index in [-0.39, 0.29) is 6.09 Å². The van der Waals surface area contributed by atoms with Gasteiger partial charge in [-0.2, -0.15) is 5.26 Å². The highest BCUT2D eigenvalue weighted by Gasteiger charge is 2.21. The molecule has 0 unspecified atom stereocenters. The maximum atomic E-state index is 11.4. The van der Waals surface area contributed by atoms with Gasteiger partial charge in [0.05, 0.1) is 18.2 Å². The van der Waals surface area contributed by atoms with Crippen LogP contribution in [-0.4, -0.2) is 19.2 Å². The van der Waals surface area contributed by atoms with Crippen molar-refractivity contribution in [3.05, 3.63) is 29.8 Å². The Labute approximate surface area is 87.7 Å². The predicted octanol–water partition coefficient (Wildman–Crippen LogP) is 1.90. The normalized spacial score (nSPS) is 15.7. The van der Waals surface area contributed by atoms with Crippen molar-refractivity contribution in [2.24, 2.45) is 0 Å². The molecule has 0 saturated carbocycles. The zero-order valence-corrected chi connectivity index (χ0v) is 8.14. The van der Waals surface area contributed by atoms with Crippen molar-refractivity contribution in [3.8, 4) is 6.07 Å². The fourth-order valence-electron chi connectivity index (χ4n) is 1.53. The molecule has 0 bridgehead atoms. The van der Waals surface area contributed by atoms with Gasteiger partial charge in [0, 0.05) is 12.2 Å². The zero-order chi connectivity index (χ0) is 10.7. The Morgan fingerprint density at radius 1 is 1.47 bits per heavy atom. The molecular formula is C11H10N2O2. The van der Waals surface area contributed by atoms with Gasteiger partial charge >= 0.3 is 6.09 Å². The highest BCUT2D eigenvalue weighted by molar-refractivity contribution is 5.88. The van der Waals surface area contributed by atoms with Crippen LogP contribution in [0.1, 0.15) is 12.0 Å². The fourth-order valence-corrected chi connectivity index (χ4v) is 1.53. The molecule has 0 aliphatic carbocycles. The first-order valence-electron chi connectivity index (χ1n) is 4.76. The lowest BCUT2D eigenvalue weighted by molar-refractivity contribution is 0.140. The van der Waals surface area contributed by atoms with Crippen LogP contribution in [0, 0.1) is 11.3 Å². The lowest BCUT2D eigenvalue weighted by atomic mass is 10.2. The number of ether oxygens (including phenoxy) is 1. The van der Waals surface area contributed by atoms with E-state index in [1.807, 2.05) is 6.07 Å². The van der Waals surface area contributed by atoms with E-state index in [2.05, 4.69) is 0 Å². The summed E-state index contributed by atoms with van der Waals surface area (Å²) in [5.74, 6) is 0. The predicted molar refractivity (Wildman–Crippen MR) is 54.5 cm³/mol. The number of nitrogens with zero attached hydrogens (tertiary/aromatic N) is 2. The van der Waals surface area contributed by atoms with E-state index in [0.29, 0.717) is 18.7 Å². The van der Waals surface area contributed by atoms with Crippen LogP contribution in [0.15, 0.2) is 24.3 Å². The number of hydrogen-bond acceptors (Lipinski definition) is 3. The Bertz CT molecular complexity index is 423. The minimum atomic E-state index is -0.337. The number of carbonyl (C=O) groups is 1. The third-order valence-corrected chi connectivity index (χ3v) is 2.26. The number of rotatable bonds is 1. The third kappa shape index (κ3) is 1.91. The standard InChI is InChI=1S/C11H10N2O2/c12-8-9-3-1-4-10(7-9)13-5-2-6-15-11(13)14/h1,3-4,7H,2,5-6H2. The molecule has 1 heterocycles. The Balaban J connectivity index is 2.28. The summed E-state index contributed by atoms with van der Waals surface area (Å²) in [6.45, 7) is 1.13. The van der Waals surface area contributed by atoms with Crippen LogP contribution >= 0.6 is 0 Å². The monoisotopic (exact) mass is 202 g/mol. The van der Waals surface area contributed by atoms with Gasteiger partial charge in [0.25, 0.3) is 0 Å². The van der Waals surface area contributed by atoms with Gasteiger partial charge in [0.2, 0.25) is 0 Å². The molecule has 0 atom stereocenters. The van der Waals surface area contributed by atoms with E-state index < -0.39 is 0 Å². The lowest BCUT2D eigenvalue weighted by Crippen LogP contribution is -2.37. The summed E-state index contributed by atoms with van der Waals surface area (Å²) < 4.78 is 4.92. The van der Waals surface area contributed by atoms with Gasteiger partial charge in [-0.1, -0.05) is 6.07 Å². The quantitative estimate of drug-likeness (QED) is 0.698. The van der Waals surface area contributed by atoms with E-state index in [9.17, 15) is 4.79 Å². The van der Waals surface area contributed by atoms with Gasteiger partial charge in [-0.05, 0) is 24.6 Å². The molecule has 1 aromatic rings. The SMILES string of the molecule is N#Cc1cccc(N2CCCOC2=O)c1. The molecule has 1 saturated heterocycles. The summed E-state index contributed by atoms with van der Waals surface area (Å²) in [6, 6.07) is 9.00. The first-order chi connectivity index (χ1) is 7.31. The topological polar surface area (TPSA) is 53.3 Å². The molecule has 4 nitrogen and oxygen atoms in total.